The molecule has 2 aromatic carbocycles. The fourth-order valence-electron chi connectivity index (χ4n) is 2.37. The summed E-state index contributed by atoms with van der Waals surface area (Å²) in [5.41, 5.74) is 1.44. The summed E-state index contributed by atoms with van der Waals surface area (Å²) < 4.78 is 43.8. The first-order valence-electron chi connectivity index (χ1n) is 8.26. The summed E-state index contributed by atoms with van der Waals surface area (Å²) in [6.07, 6.45) is 0. The lowest BCUT2D eigenvalue weighted by Crippen LogP contribution is -2.19. The summed E-state index contributed by atoms with van der Waals surface area (Å²) >= 11 is 0. The van der Waals surface area contributed by atoms with Crippen molar-refractivity contribution in [2.75, 3.05) is 18.2 Å². The molecule has 1 N–H and O–H groups in total. The number of methoxy groups -OCH3 is 1. The Morgan fingerprint density at radius 1 is 1.11 bits per heavy atom. The molecule has 0 bridgehead atoms. The Morgan fingerprint density at radius 2 is 1.78 bits per heavy atom. The highest BCUT2D eigenvalue weighted by Gasteiger charge is 2.20. The largest absolute Gasteiger partial charge is 0.497 e. The van der Waals surface area contributed by atoms with Crippen LogP contribution in [0.1, 0.15) is 12.5 Å². The van der Waals surface area contributed by atoms with Crippen molar-refractivity contribution < 1.29 is 17.5 Å². The van der Waals surface area contributed by atoms with Crippen molar-refractivity contribution in [1.29, 1.82) is 0 Å². The summed E-state index contributed by atoms with van der Waals surface area (Å²) in [6.45, 7) is 1.81. The van der Waals surface area contributed by atoms with Crippen LogP contribution in [-0.4, -0.2) is 35.5 Å². The summed E-state index contributed by atoms with van der Waals surface area (Å²) in [5, 5.41) is 7.12. The zero-order chi connectivity index (χ0) is 19.4. The van der Waals surface area contributed by atoms with Crippen LogP contribution in [0.5, 0.6) is 5.75 Å². The number of benzene rings is 2. The first-order chi connectivity index (χ1) is 12.9. The molecule has 27 heavy (non-hydrogen) atoms. The molecule has 0 amide bonds. The minimum absolute atomic E-state index is 0.104. The average Bonchev–Trinajstić information content (AvgIpc) is 3.13. The van der Waals surface area contributed by atoms with E-state index in [1.807, 2.05) is 0 Å². The Bertz CT molecular complexity index is 1020. The Labute approximate surface area is 156 Å². The predicted octanol–water partition coefficient (Wildman–Crippen LogP) is 2.90. The van der Waals surface area contributed by atoms with Gasteiger partial charge < -0.3 is 10.1 Å². The van der Waals surface area contributed by atoms with Gasteiger partial charge in [0, 0.05) is 12.1 Å². The number of ether oxygens (including phenoxy) is 1. The van der Waals surface area contributed by atoms with Crippen molar-refractivity contribution >= 4 is 16.0 Å². The number of hydrogen-bond acceptors (Lipinski definition) is 6. The summed E-state index contributed by atoms with van der Waals surface area (Å²) in [6, 6.07) is 12.9. The van der Waals surface area contributed by atoms with E-state index < -0.39 is 10.0 Å². The third kappa shape index (κ3) is 4.25. The molecule has 0 aliphatic heterocycles. The molecule has 0 unspecified atom stereocenters. The van der Waals surface area contributed by atoms with E-state index in [-0.39, 0.29) is 29.9 Å². The van der Waals surface area contributed by atoms with Crippen LogP contribution in [0, 0.1) is 5.82 Å². The molecule has 1 heterocycles. The average molecular weight is 390 g/mol. The van der Waals surface area contributed by atoms with E-state index in [0.717, 1.165) is 9.65 Å². The maximum absolute atomic E-state index is 13.0. The fraction of sp³-hybridized carbons (Fsp3) is 0.222. The Balaban J connectivity index is 1.92. The van der Waals surface area contributed by atoms with Crippen LogP contribution in [-0.2, 0) is 16.6 Å². The van der Waals surface area contributed by atoms with Crippen molar-refractivity contribution in [3.8, 4) is 17.1 Å². The minimum atomic E-state index is -3.64. The van der Waals surface area contributed by atoms with Gasteiger partial charge in [-0.1, -0.05) is 12.1 Å². The molecule has 0 radical (unpaired) electrons. The Hall–Kier alpha value is -2.94. The van der Waals surface area contributed by atoms with Crippen LogP contribution in [0.15, 0.2) is 48.5 Å². The van der Waals surface area contributed by atoms with Gasteiger partial charge in [0.15, 0.2) is 5.82 Å². The second kappa shape index (κ2) is 7.75. The highest BCUT2D eigenvalue weighted by Crippen LogP contribution is 2.22. The predicted molar refractivity (Wildman–Crippen MR) is 101 cm³/mol. The zero-order valence-corrected chi connectivity index (χ0v) is 15.7. The maximum Gasteiger partial charge on any atom is 0.256 e. The standard InChI is InChI=1S/C18H19FN4O3S/c1-3-27(24,25)23-18(20-12-13-4-8-15(19)9-5-13)21-17(22-23)14-6-10-16(26-2)11-7-14/h4-11H,3,12H2,1-2H3,(H,20,21,22). The normalized spacial score (nSPS) is 11.4. The molecule has 3 rings (SSSR count). The van der Waals surface area contributed by atoms with Crippen LogP contribution < -0.4 is 10.1 Å². The first-order valence-corrected chi connectivity index (χ1v) is 9.87. The van der Waals surface area contributed by atoms with Gasteiger partial charge in [-0.15, -0.1) is 9.19 Å². The maximum atomic E-state index is 13.0. The van der Waals surface area contributed by atoms with Crippen LogP contribution in [0.25, 0.3) is 11.4 Å². The second-order valence-electron chi connectivity index (χ2n) is 5.71. The van der Waals surface area contributed by atoms with E-state index in [1.165, 1.54) is 19.1 Å². The molecule has 0 spiro atoms. The molecule has 0 saturated heterocycles. The van der Waals surface area contributed by atoms with Gasteiger partial charge in [-0.3, -0.25) is 0 Å². The molecule has 0 aliphatic carbocycles. The third-order valence-electron chi connectivity index (χ3n) is 3.92. The molecule has 0 saturated carbocycles. The number of anilines is 1. The van der Waals surface area contributed by atoms with Gasteiger partial charge in [-0.2, -0.15) is 4.98 Å². The van der Waals surface area contributed by atoms with Crippen molar-refractivity contribution in [2.45, 2.75) is 13.5 Å². The highest BCUT2D eigenvalue weighted by molar-refractivity contribution is 7.89. The number of aromatic nitrogens is 3. The number of nitrogens with zero attached hydrogens (tertiary/aromatic N) is 3. The number of hydrogen-bond donors (Lipinski definition) is 1. The van der Waals surface area contributed by atoms with Gasteiger partial charge in [0.1, 0.15) is 11.6 Å². The third-order valence-corrected chi connectivity index (χ3v) is 5.43. The summed E-state index contributed by atoms with van der Waals surface area (Å²) in [4.78, 5) is 4.33. The van der Waals surface area contributed by atoms with Crippen LogP contribution >= 0.6 is 0 Å². The zero-order valence-electron chi connectivity index (χ0n) is 14.9. The van der Waals surface area contributed by atoms with Gasteiger partial charge in [0.2, 0.25) is 5.95 Å². The van der Waals surface area contributed by atoms with Gasteiger partial charge in [-0.05, 0) is 48.9 Å². The van der Waals surface area contributed by atoms with Gasteiger partial charge in [0.05, 0.1) is 12.9 Å². The van der Waals surface area contributed by atoms with Crippen molar-refractivity contribution in [3.63, 3.8) is 0 Å². The van der Waals surface area contributed by atoms with Gasteiger partial charge in [0.25, 0.3) is 10.0 Å². The molecule has 3 aromatic rings. The van der Waals surface area contributed by atoms with Gasteiger partial charge >= 0.3 is 0 Å². The van der Waals surface area contributed by atoms with Crippen molar-refractivity contribution in [1.82, 2.24) is 14.2 Å². The van der Waals surface area contributed by atoms with E-state index in [1.54, 1.807) is 43.5 Å². The lowest BCUT2D eigenvalue weighted by Gasteiger charge is -2.07. The van der Waals surface area contributed by atoms with E-state index in [9.17, 15) is 12.8 Å². The van der Waals surface area contributed by atoms with Crippen molar-refractivity contribution in [3.05, 3.63) is 59.9 Å². The van der Waals surface area contributed by atoms with E-state index in [4.69, 9.17) is 4.74 Å². The monoisotopic (exact) mass is 390 g/mol. The molecule has 0 atom stereocenters. The van der Waals surface area contributed by atoms with Crippen molar-refractivity contribution in [2.24, 2.45) is 0 Å². The fourth-order valence-corrected chi connectivity index (χ4v) is 3.18. The van der Waals surface area contributed by atoms with Gasteiger partial charge in [-0.25, -0.2) is 12.8 Å². The molecule has 0 aliphatic rings. The number of rotatable bonds is 7. The summed E-state index contributed by atoms with van der Waals surface area (Å²) in [7, 11) is -2.08. The summed E-state index contributed by atoms with van der Waals surface area (Å²) in [5.74, 6) is 0.596. The molecule has 1 aromatic heterocycles. The molecular weight excluding hydrogens is 371 g/mol. The lowest BCUT2D eigenvalue weighted by molar-refractivity contribution is 0.415. The molecule has 142 valence electrons. The van der Waals surface area contributed by atoms with E-state index in [2.05, 4.69) is 15.4 Å². The highest BCUT2D eigenvalue weighted by atomic mass is 32.2. The van der Waals surface area contributed by atoms with Crippen LogP contribution in [0.4, 0.5) is 10.3 Å². The molecule has 7 nitrogen and oxygen atoms in total. The molecular formula is C18H19FN4O3S. The number of nitrogens with one attached hydrogen (secondary N) is 1. The van der Waals surface area contributed by atoms with E-state index >= 15 is 0 Å². The van der Waals surface area contributed by atoms with Crippen LogP contribution in [0.2, 0.25) is 0 Å². The molecule has 9 heteroatoms. The SMILES string of the molecule is CCS(=O)(=O)n1nc(-c2ccc(OC)cc2)nc1NCc1ccc(F)cc1. The van der Waals surface area contributed by atoms with Crippen LogP contribution in [0.3, 0.4) is 0 Å². The minimum Gasteiger partial charge on any atom is -0.497 e. The second-order valence-corrected chi connectivity index (χ2v) is 7.80. The Morgan fingerprint density at radius 3 is 2.37 bits per heavy atom. The smallest absolute Gasteiger partial charge is 0.256 e. The van der Waals surface area contributed by atoms with E-state index in [0.29, 0.717) is 11.3 Å². The Kier molecular flexibility index (Phi) is 5.41. The quantitative estimate of drug-likeness (QED) is 0.668. The molecule has 0 fully saturated rings. The first kappa shape index (κ1) is 18.8. The topological polar surface area (TPSA) is 86.1 Å². The number of halogens is 1. The lowest BCUT2D eigenvalue weighted by atomic mass is 10.2.